The van der Waals surface area contributed by atoms with Crippen LogP contribution in [0.25, 0.3) is 11.5 Å². The number of carboxylic acid groups (broad SMARTS) is 1. The van der Waals surface area contributed by atoms with E-state index >= 15 is 0 Å². The number of rotatable bonds is 10. The maximum absolute atomic E-state index is 11.4. The second-order valence-electron chi connectivity index (χ2n) is 6.94. The minimum Gasteiger partial charge on any atom is -0.493 e. The summed E-state index contributed by atoms with van der Waals surface area (Å²) in [6.07, 6.45) is 4.92. The van der Waals surface area contributed by atoms with Gasteiger partial charge in [0.1, 0.15) is 23.3 Å². The minimum absolute atomic E-state index is 0.137. The Hall–Kier alpha value is -3.27. The molecule has 9 nitrogen and oxygen atoms in total. The van der Waals surface area contributed by atoms with Crippen molar-refractivity contribution in [2.75, 3.05) is 20.7 Å². The highest BCUT2D eigenvalue weighted by molar-refractivity contribution is 9.10. The van der Waals surface area contributed by atoms with Crippen LogP contribution in [0.15, 0.2) is 52.2 Å². The summed E-state index contributed by atoms with van der Waals surface area (Å²) < 4.78 is 8.31. The lowest BCUT2D eigenvalue weighted by Crippen LogP contribution is -2.07. The molecule has 3 aromatic rings. The van der Waals surface area contributed by atoms with Gasteiger partial charge in [-0.3, -0.25) is 0 Å². The number of aliphatic imine (C=N–C) groups is 1. The zero-order valence-corrected chi connectivity index (χ0v) is 18.9. The fourth-order valence-electron chi connectivity index (χ4n) is 2.77. The van der Waals surface area contributed by atoms with Crippen LogP contribution in [-0.2, 0) is 6.54 Å². The number of nitrogens with zero attached hydrogens (tertiary/aromatic N) is 6. The van der Waals surface area contributed by atoms with Crippen molar-refractivity contribution in [3.8, 4) is 17.3 Å². The van der Waals surface area contributed by atoms with Crippen LogP contribution in [0, 0.1) is 0 Å². The summed E-state index contributed by atoms with van der Waals surface area (Å²) in [4.78, 5) is 22.0. The standard InChI is InChI=1S/C21H23BrN6O3/c1-27(2)13-23-19-7-5-6-17(25-19)20-26-24-14-28(20)10-3-4-11-31-18-9-8-15(22)12-16(18)21(29)30/h5-9,12-14H,3-4,10-11H2,1-2H3,(H,29,30)/b23-13-. The van der Waals surface area contributed by atoms with Crippen molar-refractivity contribution < 1.29 is 14.6 Å². The molecule has 0 amide bonds. The van der Waals surface area contributed by atoms with Gasteiger partial charge < -0.3 is 19.3 Å². The molecule has 0 bridgehead atoms. The topological polar surface area (TPSA) is 106 Å². The second kappa shape index (κ2) is 10.7. The van der Waals surface area contributed by atoms with E-state index in [2.05, 4.69) is 36.1 Å². The number of hydrogen-bond acceptors (Lipinski definition) is 6. The van der Waals surface area contributed by atoms with Crippen molar-refractivity contribution in [2.45, 2.75) is 19.4 Å². The molecule has 0 aliphatic carbocycles. The Morgan fingerprint density at radius 1 is 1.29 bits per heavy atom. The number of carbonyl (C=O) groups is 1. The summed E-state index contributed by atoms with van der Waals surface area (Å²) in [5.41, 5.74) is 0.835. The molecule has 1 aromatic carbocycles. The average molecular weight is 487 g/mol. The van der Waals surface area contributed by atoms with E-state index < -0.39 is 5.97 Å². The SMILES string of the molecule is CN(C)/C=N\c1cccc(-c2nncn2CCCCOc2ccc(Br)cc2C(=O)O)n1. The molecule has 1 N–H and O–H groups in total. The van der Waals surface area contributed by atoms with Gasteiger partial charge >= 0.3 is 5.97 Å². The summed E-state index contributed by atoms with van der Waals surface area (Å²) in [5, 5.41) is 17.5. The summed E-state index contributed by atoms with van der Waals surface area (Å²) >= 11 is 3.28. The Balaban J connectivity index is 1.56. The van der Waals surface area contributed by atoms with Gasteiger partial charge in [0.2, 0.25) is 0 Å². The van der Waals surface area contributed by atoms with Crippen LogP contribution in [0.2, 0.25) is 0 Å². The number of benzene rings is 1. The van der Waals surface area contributed by atoms with Crippen molar-refractivity contribution >= 4 is 34.1 Å². The molecule has 0 unspecified atom stereocenters. The number of pyridine rings is 1. The molecule has 10 heteroatoms. The number of aromatic carboxylic acids is 1. The summed E-state index contributed by atoms with van der Waals surface area (Å²) in [7, 11) is 3.79. The Kier molecular flexibility index (Phi) is 7.71. The van der Waals surface area contributed by atoms with Gasteiger partial charge in [-0.25, -0.2) is 14.8 Å². The van der Waals surface area contributed by atoms with Crippen LogP contribution in [0.4, 0.5) is 5.82 Å². The first-order valence-electron chi connectivity index (χ1n) is 9.65. The van der Waals surface area contributed by atoms with E-state index in [1.165, 1.54) is 6.07 Å². The van der Waals surface area contributed by atoms with E-state index in [4.69, 9.17) is 4.74 Å². The predicted octanol–water partition coefficient (Wildman–Crippen LogP) is 3.88. The second-order valence-corrected chi connectivity index (χ2v) is 7.85. The highest BCUT2D eigenvalue weighted by atomic mass is 79.9. The van der Waals surface area contributed by atoms with Gasteiger partial charge in [-0.05, 0) is 43.2 Å². The highest BCUT2D eigenvalue weighted by Gasteiger charge is 2.12. The monoisotopic (exact) mass is 486 g/mol. The lowest BCUT2D eigenvalue weighted by molar-refractivity contribution is 0.0692. The van der Waals surface area contributed by atoms with Gasteiger partial charge in [-0.1, -0.05) is 22.0 Å². The van der Waals surface area contributed by atoms with Gasteiger partial charge in [-0.2, -0.15) is 0 Å². The average Bonchev–Trinajstić information content (AvgIpc) is 3.21. The van der Waals surface area contributed by atoms with Crippen LogP contribution < -0.4 is 4.74 Å². The third-order valence-corrected chi connectivity index (χ3v) is 4.72. The zero-order valence-electron chi connectivity index (χ0n) is 17.3. The smallest absolute Gasteiger partial charge is 0.339 e. The van der Waals surface area contributed by atoms with E-state index in [0.29, 0.717) is 40.7 Å². The number of hydrogen-bond donors (Lipinski definition) is 1. The third kappa shape index (κ3) is 6.35. The molecule has 0 aliphatic heterocycles. The summed E-state index contributed by atoms with van der Waals surface area (Å²) in [6.45, 7) is 1.09. The van der Waals surface area contributed by atoms with E-state index in [9.17, 15) is 9.90 Å². The molecule has 0 aliphatic rings. The molecule has 31 heavy (non-hydrogen) atoms. The van der Waals surface area contributed by atoms with Crippen LogP contribution in [0.5, 0.6) is 5.75 Å². The number of aryl methyl sites for hydroxylation is 1. The van der Waals surface area contributed by atoms with Crippen molar-refractivity contribution in [3.05, 3.63) is 52.8 Å². The number of carboxylic acids is 1. The van der Waals surface area contributed by atoms with Gasteiger partial charge in [-0.15, -0.1) is 10.2 Å². The molecular formula is C21H23BrN6O3. The number of ether oxygens (including phenoxy) is 1. The molecule has 0 spiro atoms. The molecule has 2 heterocycles. The zero-order chi connectivity index (χ0) is 22.2. The van der Waals surface area contributed by atoms with Crippen molar-refractivity contribution in [1.29, 1.82) is 0 Å². The lowest BCUT2D eigenvalue weighted by atomic mass is 10.2. The third-order valence-electron chi connectivity index (χ3n) is 4.22. The number of unbranched alkanes of at least 4 members (excludes halogenated alkanes) is 1. The molecule has 3 rings (SSSR count). The highest BCUT2D eigenvalue weighted by Crippen LogP contribution is 2.24. The van der Waals surface area contributed by atoms with Crippen LogP contribution in [0.1, 0.15) is 23.2 Å². The van der Waals surface area contributed by atoms with Gasteiger partial charge in [0.05, 0.1) is 12.9 Å². The van der Waals surface area contributed by atoms with Gasteiger partial charge in [0.25, 0.3) is 0 Å². The van der Waals surface area contributed by atoms with Crippen molar-refractivity contribution in [2.24, 2.45) is 4.99 Å². The Labute approximate surface area is 188 Å². The maximum atomic E-state index is 11.4. The molecule has 2 aromatic heterocycles. The summed E-state index contributed by atoms with van der Waals surface area (Å²) in [6, 6.07) is 10.5. The van der Waals surface area contributed by atoms with E-state index in [1.54, 1.807) is 24.8 Å². The molecule has 0 saturated heterocycles. The van der Waals surface area contributed by atoms with Gasteiger partial charge in [0, 0.05) is 25.1 Å². The number of aromatic nitrogens is 4. The molecular weight excluding hydrogens is 464 g/mol. The fourth-order valence-corrected chi connectivity index (χ4v) is 3.13. The Morgan fingerprint density at radius 2 is 2.13 bits per heavy atom. The molecule has 162 valence electrons. The van der Waals surface area contributed by atoms with E-state index in [1.807, 2.05) is 41.8 Å². The van der Waals surface area contributed by atoms with Crippen LogP contribution >= 0.6 is 15.9 Å². The normalized spacial score (nSPS) is 11.1. The first kappa shape index (κ1) is 22.4. The maximum Gasteiger partial charge on any atom is 0.339 e. The van der Waals surface area contributed by atoms with Crippen LogP contribution in [-0.4, -0.2) is 62.8 Å². The Bertz CT molecular complexity index is 1070. The molecule has 0 radical (unpaired) electrons. The van der Waals surface area contributed by atoms with E-state index in [0.717, 1.165) is 12.8 Å². The molecule has 0 fully saturated rings. The number of halogens is 1. The quantitative estimate of drug-likeness (QED) is 0.263. The molecule has 0 atom stereocenters. The lowest BCUT2D eigenvalue weighted by Gasteiger charge is -2.10. The van der Waals surface area contributed by atoms with Crippen molar-refractivity contribution in [1.82, 2.24) is 24.6 Å². The fraction of sp³-hybridized carbons (Fsp3) is 0.286. The minimum atomic E-state index is -1.02. The van der Waals surface area contributed by atoms with Crippen molar-refractivity contribution in [3.63, 3.8) is 0 Å². The molecule has 0 saturated carbocycles. The summed E-state index contributed by atoms with van der Waals surface area (Å²) in [5.74, 6) is 0.608. The van der Waals surface area contributed by atoms with Gasteiger partial charge in [0.15, 0.2) is 11.6 Å². The van der Waals surface area contributed by atoms with Crippen LogP contribution in [0.3, 0.4) is 0 Å². The van der Waals surface area contributed by atoms with E-state index in [-0.39, 0.29) is 5.56 Å². The first-order valence-corrected chi connectivity index (χ1v) is 10.4. The largest absolute Gasteiger partial charge is 0.493 e. The predicted molar refractivity (Wildman–Crippen MR) is 121 cm³/mol. The Morgan fingerprint density at radius 3 is 2.90 bits per heavy atom. The first-order chi connectivity index (χ1) is 14.9.